The molecule has 0 bridgehead atoms. The van der Waals surface area contributed by atoms with Gasteiger partial charge in [0.1, 0.15) is 19.0 Å². The van der Waals surface area contributed by atoms with Crippen molar-refractivity contribution in [3.63, 3.8) is 0 Å². The summed E-state index contributed by atoms with van der Waals surface area (Å²) >= 11 is 0. The highest BCUT2D eigenvalue weighted by molar-refractivity contribution is 5.38. The third-order valence-electron chi connectivity index (χ3n) is 1.53. The largest absolute Gasteiger partial charge is 0.491 e. The molecule has 0 aliphatic rings. The molecule has 0 fully saturated rings. The average molecular weight is 193 g/mol. The van der Waals surface area contributed by atoms with E-state index in [0.717, 1.165) is 5.56 Å². The van der Waals surface area contributed by atoms with Gasteiger partial charge in [0, 0.05) is 5.56 Å². The van der Waals surface area contributed by atoms with Crippen LogP contribution in [0.2, 0.25) is 0 Å². The second-order valence-electron chi connectivity index (χ2n) is 2.57. The zero-order valence-electron chi connectivity index (χ0n) is 7.79. The van der Waals surface area contributed by atoms with Crippen LogP contribution in [0.25, 0.3) is 0 Å². The van der Waals surface area contributed by atoms with Gasteiger partial charge in [0.15, 0.2) is 0 Å². The molecule has 0 aromatic heterocycles. The Morgan fingerprint density at radius 2 is 2.00 bits per heavy atom. The third kappa shape index (κ3) is 3.46. The van der Waals surface area contributed by atoms with Crippen LogP contribution in [-0.4, -0.2) is 19.8 Å². The average Bonchev–Trinajstić information content (AvgIpc) is 2.25. The number of halogens is 1. The third-order valence-corrected chi connectivity index (χ3v) is 1.53. The first-order valence-corrected chi connectivity index (χ1v) is 4.34. The van der Waals surface area contributed by atoms with Crippen molar-refractivity contribution < 1.29 is 9.13 Å². The van der Waals surface area contributed by atoms with E-state index in [4.69, 9.17) is 10.5 Å². The fourth-order valence-electron chi connectivity index (χ4n) is 0.944. The molecular weight excluding hydrogens is 181 g/mol. The number of hydrogen-bond donors (Lipinski definition) is 1. The van der Waals surface area contributed by atoms with Gasteiger partial charge in [-0.15, -0.1) is 0 Å². The molecule has 14 heavy (non-hydrogen) atoms. The smallest absolute Gasteiger partial charge is 0.123 e. The molecule has 0 aliphatic heterocycles. The minimum atomic E-state index is -0.477. The maximum atomic E-state index is 11.8. The molecule has 0 saturated carbocycles. The number of alkyl halides is 1. The van der Waals surface area contributed by atoms with Gasteiger partial charge in [-0.25, -0.2) is 4.39 Å². The molecule has 3 heteroatoms. The number of ether oxygens (including phenoxy) is 1. The second kappa shape index (κ2) is 6.01. The lowest BCUT2D eigenvalue weighted by atomic mass is 10.2. The lowest BCUT2D eigenvalue weighted by Crippen LogP contribution is -1.98. The molecule has 74 valence electrons. The molecule has 0 radical (unpaired) electrons. The van der Waals surface area contributed by atoms with Gasteiger partial charge in [-0.05, 0) is 24.3 Å². The van der Waals surface area contributed by atoms with E-state index in [1.165, 1.54) is 0 Å². The number of nitrogens with two attached hydrogens (primary N) is 1. The highest BCUT2D eigenvalue weighted by Crippen LogP contribution is 2.11. The molecule has 0 amide bonds. The van der Waals surface area contributed by atoms with Gasteiger partial charge in [-0.3, -0.25) is 0 Å². The van der Waals surface area contributed by atoms with Crippen LogP contribution in [0, 0.1) is 11.8 Å². The molecule has 0 aliphatic carbocycles. The Labute approximate surface area is 82.9 Å². The predicted octanol–water partition coefficient (Wildman–Crippen LogP) is 1.35. The summed E-state index contributed by atoms with van der Waals surface area (Å²) in [5.74, 6) is 6.28. The first-order chi connectivity index (χ1) is 6.86. The Morgan fingerprint density at radius 3 is 2.57 bits per heavy atom. The maximum absolute atomic E-state index is 11.8. The molecule has 2 nitrogen and oxygen atoms in total. The van der Waals surface area contributed by atoms with E-state index in [0.29, 0.717) is 12.3 Å². The number of benzene rings is 1. The second-order valence-corrected chi connectivity index (χ2v) is 2.57. The summed E-state index contributed by atoms with van der Waals surface area (Å²) in [6.45, 7) is -0.0390. The molecule has 1 aromatic rings. The Hall–Kier alpha value is -1.53. The van der Waals surface area contributed by atoms with Crippen LogP contribution in [0.1, 0.15) is 5.56 Å². The molecule has 0 unspecified atom stereocenters. The first-order valence-electron chi connectivity index (χ1n) is 4.34. The van der Waals surface area contributed by atoms with Crippen molar-refractivity contribution in [3.8, 4) is 17.6 Å². The van der Waals surface area contributed by atoms with Gasteiger partial charge in [0.25, 0.3) is 0 Å². The van der Waals surface area contributed by atoms with Crippen molar-refractivity contribution >= 4 is 0 Å². The number of rotatable bonds is 3. The first kappa shape index (κ1) is 10.6. The Kier molecular flexibility index (Phi) is 4.53. The van der Waals surface area contributed by atoms with Gasteiger partial charge in [0.2, 0.25) is 0 Å². The molecule has 0 spiro atoms. The van der Waals surface area contributed by atoms with E-state index < -0.39 is 6.67 Å². The van der Waals surface area contributed by atoms with Crippen LogP contribution in [-0.2, 0) is 0 Å². The molecule has 0 heterocycles. The minimum Gasteiger partial charge on any atom is -0.491 e. The van der Waals surface area contributed by atoms with Gasteiger partial charge < -0.3 is 10.5 Å². The van der Waals surface area contributed by atoms with E-state index in [-0.39, 0.29) is 6.61 Å². The van der Waals surface area contributed by atoms with Crippen molar-refractivity contribution in [2.45, 2.75) is 0 Å². The van der Waals surface area contributed by atoms with Gasteiger partial charge in [-0.1, -0.05) is 11.8 Å². The Bertz CT molecular complexity index is 323. The highest BCUT2D eigenvalue weighted by Gasteiger charge is 1.92. The highest BCUT2D eigenvalue weighted by atomic mass is 19.1. The van der Waals surface area contributed by atoms with Crippen molar-refractivity contribution in [2.75, 3.05) is 19.8 Å². The quantitative estimate of drug-likeness (QED) is 0.735. The SMILES string of the molecule is NCC#Cc1ccc(OCCF)cc1. The Balaban J connectivity index is 2.59. The van der Waals surface area contributed by atoms with Gasteiger partial charge >= 0.3 is 0 Å². The van der Waals surface area contributed by atoms with Crippen LogP contribution in [0.5, 0.6) is 5.75 Å². The van der Waals surface area contributed by atoms with E-state index in [1.54, 1.807) is 12.1 Å². The summed E-state index contributed by atoms with van der Waals surface area (Å²) in [6, 6.07) is 7.15. The fraction of sp³-hybridized carbons (Fsp3) is 0.273. The number of hydrogen-bond acceptors (Lipinski definition) is 2. The summed E-state index contributed by atoms with van der Waals surface area (Å²) in [4.78, 5) is 0. The Morgan fingerprint density at radius 1 is 1.29 bits per heavy atom. The van der Waals surface area contributed by atoms with Crippen molar-refractivity contribution in [3.05, 3.63) is 29.8 Å². The summed E-state index contributed by atoms with van der Waals surface area (Å²) in [7, 11) is 0. The summed E-state index contributed by atoms with van der Waals surface area (Å²) in [5, 5.41) is 0. The van der Waals surface area contributed by atoms with E-state index in [1.807, 2.05) is 12.1 Å². The topological polar surface area (TPSA) is 35.2 Å². The lowest BCUT2D eigenvalue weighted by molar-refractivity contribution is 0.273. The standard InChI is InChI=1S/C11H12FNO/c12-7-9-14-11-5-3-10(4-6-11)2-1-8-13/h3-6H,7-9,13H2. The maximum Gasteiger partial charge on any atom is 0.123 e. The molecular formula is C11H12FNO. The van der Waals surface area contributed by atoms with E-state index >= 15 is 0 Å². The summed E-state index contributed by atoms with van der Waals surface area (Å²) < 4.78 is 16.8. The van der Waals surface area contributed by atoms with Crippen molar-refractivity contribution in [2.24, 2.45) is 5.73 Å². The van der Waals surface area contributed by atoms with Crippen LogP contribution < -0.4 is 10.5 Å². The molecule has 2 N–H and O–H groups in total. The van der Waals surface area contributed by atoms with E-state index in [2.05, 4.69) is 11.8 Å². The summed E-state index contributed by atoms with van der Waals surface area (Å²) in [6.07, 6.45) is 0. The fourth-order valence-corrected chi connectivity index (χ4v) is 0.944. The molecule has 1 aromatic carbocycles. The zero-order chi connectivity index (χ0) is 10.2. The monoisotopic (exact) mass is 193 g/mol. The van der Waals surface area contributed by atoms with Crippen LogP contribution in [0.4, 0.5) is 4.39 Å². The van der Waals surface area contributed by atoms with Crippen molar-refractivity contribution in [1.82, 2.24) is 0 Å². The van der Waals surface area contributed by atoms with Gasteiger partial charge in [0.05, 0.1) is 6.54 Å². The van der Waals surface area contributed by atoms with Crippen molar-refractivity contribution in [1.29, 1.82) is 0 Å². The van der Waals surface area contributed by atoms with Crippen LogP contribution >= 0.6 is 0 Å². The molecule has 0 atom stereocenters. The zero-order valence-corrected chi connectivity index (χ0v) is 7.79. The van der Waals surface area contributed by atoms with Crippen LogP contribution in [0.3, 0.4) is 0 Å². The van der Waals surface area contributed by atoms with Crippen LogP contribution in [0.15, 0.2) is 24.3 Å². The van der Waals surface area contributed by atoms with Gasteiger partial charge in [-0.2, -0.15) is 0 Å². The summed E-state index contributed by atoms with van der Waals surface area (Å²) in [5.41, 5.74) is 6.11. The molecule has 0 saturated heterocycles. The molecule has 1 rings (SSSR count). The predicted molar refractivity (Wildman–Crippen MR) is 53.8 cm³/mol. The lowest BCUT2D eigenvalue weighted by Gasteiger charge is -2.02. The van der Waals surface area contributed by atoms with E-state index in [9.17, 15) is 4.39 Å². The minimum absolute atomic E-state index is 0.0911. The normalized spacial score (nSPS) is 9.00.